The van der Waals surface area contributed by atoms with Crippen molar-refractivity contribution < 1.29 is 0 Å². The normalized spacial score (nSPS) is 12.8. The van der Waals surface area contributed by atoms with E-state index in [0.29, 0.717) is 17.3 Å². The molecule has 1 heteroatoms. The minimum absolute atomic E-state index is 0. The molecule has 192 valence electrons. The molecule has 2 rings (SSSR count). The minimum Gasteiger partial charge on any atom is -0.0876 e. The van der Waals surface area contributed by atoms with Crippen LogP contribution in [-0.4, -0.2) is 0 Å². The van der Waals surface area contributed by atoms with E-state index in [-0.39, 0.29) is 35.1 Å². The van der Waals surface area contributed by atoms with Gasteiger partial charge in [0.25, 0.3) is 0 Å². The van der Waals surface area contributed by atoms with Crippen molar-refractivity contribution in [1.29, 1.82) is 0 Å². The fourth-order valence-corrected chi connectivity index (χ4v) is 5.20. The van der Waals surface area contributed by atoms with Crippen LogP contribution in [0.2, 0.25) is 0 Å². The molecule has 0 saturated heterocycles. The van der Waals surface area contributed by atoms with Crippen LogP contribution in [-0.2, 0) is 5.33 Å². The van der Waals surface area contributed by atoms with Crippen molar-refractivity contribution in [2.45, 2.75) is 121 Å². The van der Waals surface area contributed by atoms with Crippen LogP contribution in [0.3, 0.4) is 0 Å². The van der Waals surface area contributed by atoms with Crippen LogP contribution in [0.25, 0.3) is 0 Å². The quantitative estimate of drug-likeness (QED) is 0.273. The van der Waals surface area contributed by atoms with Gasteiger partial charge in [0.1, 0.15) is 0 Å². The van der Waals surface area contributed by atoms with E-state index in [1.807, 2.05) is 0 Å². The molecule has 0 N–H and O–H groups in total. The van der Waals surface area contributed by atoms with Crippen molar-refractivity contribution in [3.8, 4) is 0 Å². The van der Waals surface area contributed by atoms with Gasteiger partial charge in [0.2, 0.25) is 0 Å². The molecule has 2 atom stereocenters. The van der Waals surface area contributed by atoms with Crippen molar-refractivity contribution in [3.63, 3.8) is 0 Å². The van der Waals surface area contributed by atoms with Gasteiger partial charge < -0.3 is 0 Å². The first-order chi connectivity index (χ1) is 13.6. The Morgan fingerprint density at radius 1 is 0.697 bits per heavy atom. The highest BCUT2D eigenvalue weighted by atomic mass is 79.9. The van der Waals surface area contributed by atoms with E-state index in [2.05, 4.69) is 113 Å². The molecule has 2 aromatic rings. The summed E-state index contributed by atoms with van der Waals surface area (Å²) < 4.78 is 0. The van der Waals surface area contributed by atoms with Gasteiger partial charge in [-0.25, -0.2) is 0 Å². The summed E-state index contributed by atoms with van der Waals surface area (Å²) in [7, 11) is 0. The second-order valence-electron chi connectivity index (χ2n) is 10.2. The molecule has 0 radical (unpaired) electrons. The number of alkyl halides is 1. The lowest BCUT2D eigenvalue weighted by Crippen LogP contribution is -2.27. The van der Waals surface area contributed by atoms with E-state index in [9.17, 15) is 0 Å². The SMILES string of the molecule is C.C.C.C.CCC(c1ccc(CBr)cc1)C(C)(C)CCC(c1ccc(C)cc1)C(C)(C)CC. The van der Waals surface area contributed by atoms with Crippen LogP contribution in [0.5, 0.6) is 0 Å². The van der Waals surface area contributed by atoms with Crippen LogP contribution in [0.4, 0.5) is 0 Å². The molecule has 0 spiro atoms. The van der Waals surface area contributed by atoms with E-state index < -0.39 is 0 Å². The molecular weight excluding hydrogens is 464 g/mol. The summed E-state index contributed by atoms with van der Waals surface area (Å²) in [4.78, 5) is 0. The number of benzene rings is 2. The Kier molecular flexibility index (Phi) is 17.4. The third-order valence-corrected chi connectivity index (χ3v) is 7.95. The van der Waals surface area contributed by atoms with Crippen molar-refractivity contribution in [3.05, 3.63) is 70.8 Å². The summed E-state index contributed by atoms with van der Waals surface area (Å²) >= 11 is 3.57. The number of aryl methyl sites for hydroxylation is 1. The molecule has 0 aliphatic rings. The Labute approximate surface area is 218 Å². The van der Waals surface area contributed by atoms with Crippen LogP contribution in [0.1, 0.15) is 131 Å². The van der Waals surface area contributed by atoms with Gasteiger partial charge in [-0.3, -0.25) is 0 Å². The first kappa shape index (κ1) is 36.5. The monoisotopic (exact) mass is 520 g/mol. The number of hydrogen-bond acceptors (Lipinski definition) is 0. The van der Waals surface area contributed by atoms with E-state index in [4.69, 9.17) is 0 Å². The molecular formula is C32H57Br. The molecule has 0 bridgehead atoms. The van der Waals surface area contributed by atoms with Gasteiger partial charge in [-0.15, -0.1) is 0 Å². The minimum atomic E-state index is 0. The van der Waals surface area contributed by atoms with E-state index in [1.54, 1.807) is 0 Å². The molecule has 0 aromatic heterocycles. The first-order valence-electron chi connectivity index (χ1n) is 11.4. The lowest BCUT2D eigenvalue weighted by molar-refractivity contribution is 0.197. The summed E-state index contributed by atoms with van der Waals surface area (Å²) in [5.41, 5.74) is 6.28. The van der Waals surface area contributed by atoms with Gasteiger partial charge in [-0.05, 0) is 65.5 Å². The predicted molar refractivity (Wildman–Crippen MR) is 160 cm³/mol. The van der Waals surface area contributed by atoms with Gasteiger partial charge in [-0.1, -0.05) is 148 Å². The van der Waals surface area contributed by atoms with Crippen molar-refractivity contribution in [2.75, 3.05) is 0 Å². The maximum Gasteiger partial charge on any atom is 0.0283 e. The Morgan fingerprint density at radius 2 is 1.15 bits per heavy atom. The van der Waals surface area contributed by atoms with Gasteiger partial charge in [0.15, 0.2) is 0 Å². The molecule has 33 heavy (non-hydrogen) atoms. The maximum atomic E-state index is 3.57. The Balaban J connectivity index is -0.00000225. The third kappa shape index (κ3) is 9.59. The zero-order valence-corrected chi connectivity index (χ0v) is 21.3. The summed E-state index contributed by atoms with van der Waals surface area (Å²) in [6.07, 6.45) is 4.88. The molecule has 0 saturated carbocycles. The van der Waals surface area contributed by atoms with Gasteiger partial charge in [0.05, 0.1) is 0 Å². The van der Waals surface area contributed by atoms with Gasteiger partial charge in [-0.2, -0.15) is 0 Å². The summed E-state index contributed by atoms with van der Waals surface area (Å²) in [5, 5.41) is 0.928. The van der Waals surface area contributed by atoms with E-state index in [1.165, 1.54) is 47.9 Å². The molecule has 0 amide bonds. The Hall–Kier alpha value is -1.08. The van der Waals surface area contributed by atoms with Crippen molar-refractivity contribution in [1.82, 2.24) is 0 Å². The first-order valence-corrected chi connectivity index (χ1v) is 12.5. The second kappa shape index (κ2) is 15.8. The zero-order chi connectivity index (χ0) is 21.7. The fourth-order valence-electron chi connectivity index (χ4n) is 4.82. The van der Waals surface area contributed by atoms with Gasteiger partial charge >= 0.3 is 0 Å². The highest BCUT2D eigenvalue weighted by Crippen LogP contribution is 2.47. The molecule has 2 unspecified atom stereocenters. The third-order valence-electron chi connectivity index (χ3n) is 7.30. The molecule has 0 aliphatic carbocycles. The standard InChI is InChI=1S/C28H41Br.4CH4/c1-8-25(23-16-12-22(20-29)13-17-23)28(6,7)19-18-26(27(4,5)9-2)24-14-10-21(3)11-15-24;;;;/h10-17,25-26H,8-9,18-20H2,1-7H3;4*1H4. The summed E-state index contributed by atoms with van der Waals surface area (Å²) in [6.45, 7) is 16.7. The largest absolute Gasteiger partial charge is 0.0876 e. The lowest BCUT2D eigenvalue weighted by atomic mass is 9.65. The predicted octanol–water partition coefficient (Wildman–Crippen LogP) is 12.0. The fraction of sp³-hybridized carbons (Fsp3) is 0.625. The molecule has 0 aliphatic heterocycles. The Bertz CT molecular complexity index is 737. The summed E-state index contributed by atoms with van der Waals surface area (Å²) in [5.74, 6) is 1.19. The van der Waals surface area contributed by atoms with Crippen molar-refractivity contribution in [2.24, 2.45) is 10.8 Å². The average molecular weight is 522 g/mol. The van der Waals surface area contributed by atoms with E-state index in [0.717, 1.165) is 5.33 Å². The molecule has 0 nitrogen and oxygen atoms in total. The Morgan fingerprint density at radius 3 is 1.58 bits per heavy atom. The number of halogens is 1. The van der Waals surface area contributed by atoms with Gasteiger partial charge in [0, 0.05) is 5.33 Å². The lowest BCUT2D eigenvalue weighted by Gasteiger charge is -2.39. The van der Waals surface area contributed by atoms with Crippen LogP contribution >= 0.6 is 15.9 Å². The maximum absolute atomic E-state index is 3.57. The highest BCUT2D eigenvalue weighted by Gasteiger charge is 2.34. The van der Waals surface area contributed by atoms with Crippen LogP contribution in [0, 0.1) is 17.8 Å². The van der Waals surface area contributed by atoms with Crippen LogP contribution < -0.4 is 0 Å². The smallest absolute Gasteiger partial charge is 0.0283 e. The topological polar surface area (TPSA) is 0 Å². The van der Waals surface area contributed by atoms with E-state index >= 15 is 0 Å². The number of hydrogen-bond donors (Lipinski definition) is 0. The second-order valence-corrected chi connectivity index (χ2v) is 10.7. The molecule has 0 fully saturated rings. The van der Waals surface area contributed by atoms with Crippen molar-refractivity contribution >= 4 is 15.9 Å². The average Bonchev–Trinajstić information content (AvgIpc) is 2.70. The highest BCUT2D eigenvalue weighted by molar-refractivity contribution is 9.08. The summed E-state index contributed by atoms with van der Waals surface area (Å²) in [6, 6.07) is 18.5. The zero-order valence-electron chi connectivity index (χ0n) is 19.7. The van der Waals surface area contributed by atoms with Crippen LogP contribution in [0.15, 0.2) is 48.5 Å². The molecule has 2 aromatic carbocycles. The number of rotatable bonds is 10. The molecule has 0 heterocycles.